The minimum Gasteiger partial charge on any atom is -0.337 e. The number of sulfonamides is 2. The molecule has 0 saturated heterocycles. The van der Waals surface area contributed by atoms with Crippen LogP contribution in [0.5, 0.6) is 0 Å². The molecule has 0 fully saturated rings. The molecule has 9 nitrogen and oxygen atoms in total. The van der Waals surface area contributed by atoms with Gasteiger partial charge in [0.15, 0.2) is 11.6 Å². The summed E-state index contributed by atoms with van der Waals surface area (Å²) >= 11 is 0. The number of para-hydroxylation sites is 2. The molecular weight excluding hydrogens is 474 g/mol. The first-order chi connectivity index (χ1) is 16.2. The molecule has 11 heteroatoms. The molecule has 4 rings (SSSR count). The van der Waals surface area contributed by atoms with Crippen molar-refractivity contribution in [3.63, 3.8) is 0 Å². The first-order valence-corrected chi connectivity index (χ1v) is 13.4. The van der Waals surface area contributed by atoms with E-state index in [-0.39, 0.29) is 28.0 Å². The van der Waals surface area contributed by atoms with E-state index in [1.807, 2.05) is 6.92 Å². The molecule has 0 radical (unpaired) electrons. The van der Waals surface area contributed by atoms with Crippen molar-refractivity contribution in [3.05, 3.63) is 78.4 Å². The highest BCUT2D eigenvalue weighted by Crippen LogP contribution is 2.27. The van der Waals surface area contributed by atoms with Crippen molar-refractivity contribution < 1.29 is 16.8 Å². The lowest BCUT2D eigenvalue weighted by molar-refractivity contribution is 0.584. The van der Waals surface area contributed by atoms with Crippen molar-refractivity contribution >= 4 is 48.4 Å². The zero-order valence-corrected chi connectivity index (χ0v) is 20.1. The normalized spacial score (nSPS) is 11.9. The number of rotatable bonds is 8. The van der Waals surface area contributed by atoms with Crippen LogP contribution in [0, 0.1) is 6.92 Å². The molecule has 0 spiro atoms. The molecule has 0 atom stereocenters. The molecule has 0 bridgehead atoms. The SMILES string of the molecule is CCNS(=O)(=O)c1ccc(Nc2nc3ccccc3nc2NS(=O)(=O)c2ccc(C)cc2)cc1. The summed E-state index contributed by atoms with van der Waals surface area (Å²) in [6.45, 7) is 3.85. The molecule has 4 aromatic rings. The Bertz CT molecular complexity index is 1540. The molecular formula is C23H23N5O4S2. The van der Waals surface area contributed by atoms with Gasteiger partial charge in [-0.05, 0) is 55.5 Å². The molecule has 0 aliphatic carbocycles. The van der Waals surface area contributed by atoms with Gasteiger partial charge in [0.1, 0.15) is 0 Å². The third-order valence-corrected chi connectivity index (χ3v) is 7.81. The smallest absolute Gasteiger partial charge is 0.263 e. The van der Waals surface area contributed by atoms with Crippen LogP contribution in [0.1, 0.15) is 12.5 Å². The third kappa shape index (κ3) is 5.16. The minimum absolute atomic E-state index is 0.0172. The standard InChI is InChI=1S/C23H23N5O4S2/c1-3-24-33(29,30)18-14-10-17(11-15-18)25-22-23(27-21-7-5-4-6-20(21)26-22)28-34(31,32)19-12-8-16(2)9-13-19/h4-15,24H,3H2,1-2H3,(H,25,26)(H,27,28). The van der Waals surface area contributed by atoms with Gasteiger partial charge >= 0.3 is 0 Å². The Hall–Kier alpha value is -3.54. The highest BCUT2D eigenvalue weighted by molar-refractivity contribution is 7.92. The van der Waals surface area contributed by atoms with Crippen LogP contribution in [-0.4, -0.2) is 33.3 Å². The Kier molecular flexibility index (Phi) is 6.51. The number of aryl methyl sites for hydroxylation is 1. The number of nitrogens with one attached hydrogen (secondary N) is 3. The number of aromatic nitrogens is 2. The van der Waals surface area contributed by atoms with Crippen LogP contribution in [0.15, 0.2) is 82.6 Å². The maximum Gasteiger partial charge on any atom is 0.263 e. The second kappa shape index (κ2) is 9.37. The fraction of sp³-hybridized carbons (Fsp3) is 0.130. The first-order valence-electron chi connectivity index (χ1n) is 10.4. The van der Waals surface area contributed by atoms with Gasteiger partial charge in [-0.1, -0.05) is 36.8 Å². The van der Waals surface area contributed by atoms with E-state index in [0.29, 0.717) is 16.7 Å². The van der Waals surface area contributed by atoms with Crippen molar-refractivity contribution in [2.75, 3.05) is 16.6 Å². The average molecular weight is 498 g/mol. The molecule has 1 aromatic heterocycles. The Morgan fingerprint density at radius 2 is 1.24 bits per heavy atom. The van der Waals surface area contributed by atoms with Crippen LogP contribution in [0.2, 0.25) is 0 Å². The number of anilines is 3. The molecule has 1 heterocycles. The van der Waals surface area contributed by atoms with E-state index < -0.39 is 20.0 Å². The van der Waals surface area contributed by atoms with Crippen LogP contribution in [0.4, 0.5) is 17.3 Å². The van der Waals surface area contributed by atoms with Gasteiger partial charge in [0.2, 0.25) is 10.0 Å². The van der Waals surface area contributed by atoms with Gasteiger partial charge in [-0.25, -0.2) is 31.5 Å². The van der Waals surface area contributed by atoms with Crippen molar-refractivity contribution in [2.24, 2.45) is 0 Å². The van der Waals surface area contributed by atoms with Crippen molar-refractivity contribution in [3.8, 4) is 0 Å². The highest BCUT2D eigenvalue weighted by atomic mass is 32.2. The van der Waals surface area contributed by atoms with Gasteiger partial charge in [-0.3, -0.25) is 4.72 Å². The van der Waals surface area contributed by atoms with Gasteiger partial charge in [-0.15, -0.1) is 0 Å². The van der Waals surface area contributed by atoms with Crippen molar-refractivity contribution in [1.29, 1.82) is 0 Å². The monoisotopic (exact) mass is 497 g/mol. The predicted octanol–water partition coefficient (Wildman–Crippen LogP) is 3.78. The van der Waals surface area contributed by atoms with Crippen LogP contribution in [0.25, 0.3) is 11.0 Å². The zero-order chi connectivity index (χ0) is 24.3. The number of hydrogen-bond donors (Lipinski definition) is 3. The highest BCUT2D eigenvalue weighted by Gasteiger charge is 2.19. The van der Waals surface area contributed by atoms with Gasteiger partial charge in [-0.2, -0.15) is 0 Å². The van der Waals surface area contributed by atoms with Gasteiger partial charge in [0.05, 0.1) is 20.8 Å². The quantitative estimate of drug-likeness (QED) is 0.338. The zero-order valence-electron chi connectivity index (χ0n) is 18.5. The van der Waals surface area contributed by atoms with E-state index in [4.69, 9.17) is 0 Å². The molecule has 0 unspecified atom stereocenters. The second-order valence-electron chi connectivity index (χ2n) is 7.48. The fourth-order valence-corrected chi connectivity index (χ4v) is 5.24. The average Bonchev–Trinajstić information content (AvgIpc) is 2.80. The van der Waals surface area contributed by atoms with E-state index >= 15 is 0 Å². The van der Waals surface area contributed by atoms with Crippen LogP contribution >= 0.6 is 0 Å². The minimum atomic E-state index is -3.93. The van der Waals surface area contributed by atoms with Crippen LogP contribution in [0.3, 0.4) is 0 Å². The largest absolute Gasteiger partial charge is 0.337 e. The Morgan fingerprint density at radius 1 is 0.706 bits per heavy atom. The first kappa shape index (κ1) is 23.6. The van der Waals surface area contributed by atoms with Crippen LogP contribution in [-0.2, 0) is 20.0 Å². The molecule has 0 saturated carbocycles. The second-order valence-corrected chi connectivity index (χ2v) is 10.9. The maximum absolute atomic E-state index is 13.0. The number of hydrogen-bond acceptors (Lipinski definition) is 7. The van der Waals surface area contributed by atoms with E-state index in [0.717, 1.165) is 5.56 Å². The number of nitrogens with zero attached hydrogens (tertiary/aromatic N) is 2. The lowest BCUT2D eigenvalue weighted by atomic mass is 10.2. The topological polar surface area (TPSA) is 130 Å². The summed E-state index contributed by atoms with van der Waals surface area (Å²) in [6, 6.07) is 19.6. The van der Waals surface area contributed by atoms with E-state index in [1.165, 1.54) is 24.3 Å². The Labute approximate surface area is 198 Å². The molecule has 3 aromatic carbocycles. The lowest BCUT2D eigenvalue weighted by Crippen LogP contribution is -2.23. The molecule has 0 aliphatic heterocycles. The fourth-order valence-electron chi connectivity index (χ4n) is 3.19. The van der Waals surface area contributed by atoms with E-state index in [2.05, 4.69) is 24.7 Å². The summed E-state index contributed by atoms with van der Waals surface area (Å²) in [4.78, 5) is 9.20. The van der Waals surface area contributed by atoms with E-state index in [9.17, 15) is 16.8 Å². The van der Waals surface area contributed by atoms with Crippen LogP contribution < -0.4 is 14.8 Å². The summed E-state index contributed by atoms with van der Waals surface area (Å²) in [5.41, 5.74) is 2.53. The predicted molar refractivity (Wildman–Crippen MR) is 132 cm³/mol. The summed E-state index contributed by atoms with van der Waals surface area (Å²) in [7, 11) is -7.52. The van der Waals surface area contributed by atoms with Gasteiger partial charge in [0.25, 0.3) is 10.0 Å². The molecule has 176 valence electrons. The molecule has 3 N–H and O–H groups in total. The Morgan fingerprint density at radius 3 is 1.82 bits per heavy atom. The summed E-state index contributed by atoms with van der Waals surface area (Å²) < 4.78 is 55.3. The third-order valence-electron chi connectivity index (χ3n) is 4.89. The summed E-state index contributed by atoms with van der Waals surface area (Å²) in [5.74, 6) is 0.195. The van der Waals surface area contributed by atoms with Crippen molar-refractivity contribution in [1.82, 2.24) is 14.7 Å². The number of fused-ring (bicyclic) bond motifs is 1. The van der Waals surface area contributed by atoms with Crippen molar-refractivity contribution in [2.45, 2.75) is 23.6 Å². The van der Waals surface area contributed by atoms with Gasteiger partial charge in [0, 0.05) is 12.2 Å². The lowest BCUT2D eigenvalue weighted by Gasteiger charge is -2.14. The summed E-state index contributed by atoms with van der Waals surface area (Å²) in [5, 5.41) is 3.04. The van der Waals surface area contributed by atoms with Gasteiger partial charge < -0.3 is 5.32 Å². The Balaban J connectivity index is 1.71. The molecule has 0 aliphatic rings. The summed E-state index contributed by atoms with van der Waals surface area (Å²) in [6.07, 6.45) is 0. The molecule has 0 amide bonds. The molecule has 34 heavy (non-hydrogen) atoms. The van der Waals surface area contributed by atoms with E-state index in [1.54, 1.807) is 55.5 Å². The number of benzene rings is 3. The maximum atomic E-state index is 13.0.